The molecule has 1 rings (SSSR count). The summed E-state index contributed by atoms with van der Waals surface area (Å²) in [6.45, 7) is 4.34. The molecule has 1 unspecified atom stereocenters. The maximum absolute atomic E-state index is 11.4. The van der Waals surface area contributed by atoms with Crippen molar-refractivity contribution >= 4 is 5.97 Å². The number of aromatic hydroxyl groups is 1. The number of ether oxygens (including phenoxy) is 2. The van der Waals surface area contributed by atoms with E-state index in [1.807, 2.05) is 6.92 Å². The second-order valence-corrected chi connectivity index (χ2v) is 3.80. The molecule has 1 atom stereocenters. The Balaban J connectivity index is 2.72. The van der Waals surface area contributed by atoms with E-state index in [0.29, 0.717) is 25.4 Å². The molecule has 5 nitrogen and oxygen atoms in total. The van der Waals surface area contributed by atoms with Gasteiger partial charge in [-0.15, -0.1) is 0 Å². The third-order valence-electron chi connectivity index (χ3n) is 2.37. The molecule has 0 bridgehead atoms. The van der Waals surface area contributed by atoms with Crippen LogP contribution in [0.4, 0.5) is 0 Å². The molecule has 0 radical (unpaired) electrons. The monoisotopic (exact) mass is 253 g/mol. The van der Waals surface area contributed by atoms with Crippen molar-refractivity contribution in [1.82, 2.24) is 0 Å². The van der Waals surface area contributed by atoms with Crippen molar-refractivity contribution in [2.45, 2.75) is 26.3 Å². The summed E-state index contributed by atoms with van der Waals surface area (Å²) < 4.78 is 10.1. The lowest BCUT2D eigenvalue weighted by atomic mass is 10.1. The first-order valence-corrected chi connectivity index (χ1v) is 5.95. The van der Waals surface area contributed by atoms with E-state index < -0.39 is 12.0 Å². The molecule has 100 valence electrons. The van der Waals surface area contributed by atoms with Crippen LogP contribution in [0.25, 0.3) is 0 Å². The van der Waals surface area contributed by atoms with Gasteiger partial charge < -0.3 is 20.3 Å². The summed E-state index contributed by atoms with van der Waals surface area (Å²) in [5, 5.41) is 9.55. The van der Waals surface area contributed by atoms with Gasteiger partial charge in [0.2, 0.25) is 0 Å². The predicted molar refractivity (Wildman–Crippen MR) is 67.6 cm³/mol. The summed E-state index contributed by atoms with van der Waals surface area (Å²) in [6.07, 6.45) is 0.346. The molecular formula is C13H19NO4. The molecule has 18 heavy (non-hydrogen) atoms. The fourth-order valence-corrected chi connectivity index (χ4v) is 1.54. The van der Waals surface area contributed by atoms with Crippen LogP contribution in [0.5, 0.6) is 11.5 Å². The Bertz CT molecular complexity index is 406. The fourth-order valence-electron chi connectivity index (χ4n) is 1.54. The van der Waals surface area contributed by atoms with Gasteiger partial charge in [-0.25, -0.2) is 0 Å². The van der Waals surface area contributed by atoms with Gasteiger partial charge in [0.25, 0.3) is 0 Å². The van der Waals surface area contributed by atoms with Gasteiger partial charge in [0, 0.05) is 0 Å². The van der Waals surface area contributed by atoms with E-state index in [9.17, 15) is 9.90 Å². The van der Waals surface area contributed by atoms with Crippen molar-refractivity contribution in [3.63, 3.8) is 0 Å². The average molecular weight is 253 g/mol. The molecule has 0 aliphatic carbocycles. The van der Waals surface area contributed by atoms with Crippen LogP contribution >= 0.6 is 0 Å². The third-order valence-corrected chi connectivity index (χ3v) is 2.37. The normalized spacial score (nSPS) is 11.9. The van der Waals surface area contributed by atoms with E-state index in [2.05, 4.69) is 0 Å². The highest BCUT2D eigenvalue weighted by Crippen LogP contribution is 2.27. The minimum Gasteiger partial charge on any atom is -0.504 e. The summed E-state index contributed by atoms with van der Waals surface area (Å²) >= 11 is 0. The molecular weight excluding hydrogens is 234 g/mol. The summed E-state index contributed by atoms with van der Waals surface area (Å²) in [6, 6.07) is 4.21. The predicted octanol–water partition coefficient (Wildman–Crippen LogP) is 1.22. The molecule has 0 amide bonds. The largest absolute Gasteiger partial charge is 0.504 e. The van der Waals surface area contributed by atoms with Crippen LogP contribution in [0.15, 0.2) is 18.2 Å². The molecule has 1 aromatic rings. The Kier molecular flexibility index (Phi) is 5.45. The van der Waals surface area contributed by atoms with Gasteiger partial charge in [-0.05, 0) is 38.0 Å². The van der Waals surface area contributed by atoms with Crippen LogP contribution in [-0.4, -0.2) is 30.3 Å². The van der Waals surface area contributed by atoms with Crippen molar-refractivity contribution in [1.29, 1.82) is 0 Å². The highest BCUT2D eigenvalue weighted by Gasteiger charge is 2.16. The molecule has 0 aliphatic heterocycles. The average Bonchev–Trinajstić information content (AvgIpc) is 2.34. The Morgan fingerprint density at radius 3 is 2.72 bits per heavy atom. The van der Waals surface area contributed by atoms with Crippen molar-refractivity contribution in [2.75, 3.05) is 13.2 Å². The van der Waals surface area contributed by atoms with Crippen LogP contribution in [0.1, 0.15) is 19.4 Å². The zero-order valence-electron chi connectivity index (χ0n) is 10.7. The topological polar surface area (TPSA) is 81.8 Å². The van der Waals surface area contributed by atoms with E-state index in [4.69, 9.17) is 15.2 Å². The molecule has 0 heterocycles. The summed E-state index contributed by atoms with van der Waals surface area (Å²) in [4.78, 5) is 11.4. The number of hydrogen-bond acceptors (Lipinski definition) is 5. The van der Waals surface area contributed by atoms with E-state index in [0.717, 1.165) is 5.56 Å². The minimum atomic E-state index is -0.705. The highest BCUT2D eigenvalue weighted by molar-refractivity contribution is 5.75. The number of benzene rings is 1. The molecule has 0 saturated heterocycles. The van der Waals surface area contributed by atoms with E-state index in [1.165, 1.54) is 6.07 Å². The second-order valence-electron chi connectivity index (χ2n) is 3.80. The number of nitrogens with two attached hydrogens (primary N) is 1. The van der Waals surface area contributed by atoms with Gasteiger partial charge in [-0.2, -0.15) is 0 Å². The highest BCUT2D eigenvalue weighted by atomic mass is 16.5. The molecule has 3 N–H and O–H groups in total. The summed E-state index contributed by atoms with van der Waals surface area (Å²) in [5.74, 6) is 0.0416. The number of hydrogen-bond donors (Lipinski definition) is 2. The number of esters is 1. The van der Waals surface area contributed by atoms with E-state index in [1.54, 1.807) is 19.1 Å². The van der Waals surface area contributed by atoms with Crippen LogP contribution in [0.3, 0.4) is 0 Å². The van der Waals surface area contributed by atoms with Crippen LogP contribution in [0.2, 0.25) is 0 Å². The Morgan fingerprint density at radius 2 is 2.11 bits per heavy atom. The van der Waals surface area contributed by atoms with E-state index >= 15 is 0 Å². The lowest BCUT2D eigenvalue weighted by Gasteiger charge is -2.12. The molecule has 0 aromatic heterocycles. The van der Waals surface area contributed by atoms with Crippen molar-refractivity contribution in [3.8, 4) is 11.5 Å². The van der Waals surface area contributed by atoms with Gasteiger partial charge in [-0.1, -0.05) is 6.07 Å². The van der Waals surface area contributed by atoms with Gasteiger partial charge in [-0.3, -0.25) is 4.79 Å². The summed E-state index contributed by atoms with van der Waals surface area (Å²) in [5.41, 5.74) is 6.54. The zero-order chi connectivity index (χ0) is 13.5. The summed E-state index contributed by atoms with van der Waals surface area (Å²) in [7, 11) is 0. The number of phenolic OH excluding ortho intramolecular Hbond substituents is 1. The Labute approximate surface area is 107 Å². The molecule has 0 saturated carbocycles. The molecule has 1 aromatic carbocycles. The zero-order valence-corrected chi connectivity index (χ0v) is 10.7. The number of carbonyl (C=O) groups is 1. The number of carbonyl (C=O) groups excluding carboxylic acids is 1. The van der Waals surface area contributed by atoms with Crippen molar-refractivity contribution < 1.29 is 19.4 Å². The van der Waals surface area contributed by atoms with Gasteiger partial charge in [0.1, 0.15) is 6.04 Å². The van der Waals surface area contributed by atoms with Gasteiger partial charge in [0.05, 0.1) is 13.2 Å². The van der Waals surface area contributed by atoms with Crippen LogP contribution in [-0.2, 0) is 16.0 Å². The number of phenols is 1. The van der Waals surface area contributed by atoms with Gasteiger partial charge >= 0.3 is 5.97 Å². The molecule has 5 heteroatoms. The quantitative estimate of drug-likeness (QED) is 0.745. The molecule has 0 spiro atoms. The lowest BCUT2D eigenvalue weighted by Crippen LogP contribution is -2.34. The smallest absolute Gasteiger partial charge is 0.323 e. The number of rotatable bonds is 6. The van der Waals surface area contributed by atoms with E-state index in [-0.39, 0.29) is 5.75 Å². The minimum absolute atomic E-state index is 0.0744. The second kappa shape index (κ2) is 6.86. The SMILES string of the molecule is CCOC(=O)C(N)Cc1ccc(O)c(OCC)c1. The lowest BCUT2D eigenvalue weighted by molar-refractivity contribution is -0.144. The maximum atomic E-state index is 11.4. The molecule has 0 aliphatic rings. The van der Waals surface area contributed by atoms with Gasteiger partial charge in [0.15, 0.2) is 11.5 Å². The Hall–Kier alpha value is -1.75. The van der Waals surface area contributed by atoms with Crippen LogP contribution < -0.4 is 10.5 Å². The Morgan fingerprint density at radius 1 is 1.39 bits per heavy atom. The van der Waals surface area contributed by atoms with Crippen molar-refractivity contribution in [3.05, 3.63) is 23.8 Å². The fraction of sp³-hybridized carbons (Fsp3) is 0.462. The first-order chi connectivity index (χ1) is 8.58. The third kappa shape index (κ3) is 3.92. The molecule has 0 fully saturated rings. The van der Waals surface area contributed by atoms with Crippen LogP contribution in [0, 0.1) is 0 Å². The van der Waals surface area contributed by atoms with Crippen molar-refractivity contribution in [2.24, 2.45) is 5.73 Å². The maximum Gasteiger partial charge on any atom is 0.323 e. The standard InChI is InChI=1S/C13H19NO4/c1-3-17-12-8-9(5-6-11(12)15)7-10(14)13(16)18-4-2/h5-6,8,10,15H,3-4,7,14H2,1-2H3. The first kappa shape index (κ1) is 14.3. The first-order valence-electron chi connectivity index (χ1n) is 5.95.